The number of piperidine rings is 1. The summed E-state index contributed by atoms with van der Waals surface area (Å²) in [6.07, 6.45) is 7.63. The van der Waals surface area contributed by atoms with Crippen molar-refractivity contribution in [1.29, 1.82) is 0 Å². The van der Waals surface area contributed by atoms with Crippen LogP contribution in [-0.2, 0) is 10.0 Å². The number of nitrogens with zero attached hydrogens (tertiary/aromatic N) is 2. The molecule has 1 fully saturated rings. The molecule has 1 aliphatic heterocycles. The zero-order valence-electron chi connectivity index (χ0n) is 12.1. The van der Waals surface area contributed by atoms with Crippen LogP contribution in [0.5, 0.6) is 0 Å². The largest absolute Gasteiger partial charge is 0.324 e. The predicted octanol–water partition coefficient (Wildman–Crippen LogP) is 1.45. The van der Waals surface area contributed by atoms with E-state index < -0.39 is 10.0 Å². The Morgan fingerprint density at radius 2 is 2.30 bits per heavy atom. The summed E-state index contributed by atoms with van der Waals surface area (Å²) in [5.74, 6) is 0.334. The second kappa shape index (κ2) is 6.20. The number of aryl methyl sites for hydroxylation is 1. The van der Waals surface area contributed by atoms with Gasteiger partial charge in [0.2, 0.25) is 10.0 Å². The van der Waals surface area contributed by atoms with Crippen LogP contribution in [-0.4, -0.2) is 37.1 Å². The SMILES string of the molecule is Cc1cnccc1C(N)CC1CCCN(S(C)(=O)=O)C1. The van der Waals surface area contributed by atoms with Crippen LogP contribution in [0.4, 0.5) is 0 Å². The van der Waals surface area contributed by atoms with Gasteiger partial charge >= 0.3 is 0 Å². The maximum atomic E-state index is 11.6. The van der Waals surface area contributed by atoms with Gasteiger partial charge < -0.3 is 5.73 Å². The molecule has 5 nitrogen and oxygen atoms in total. The van der Waals surface area contributed by atoms with Crippen molar-refractivity contribution < 1.29 is 8.42 Å². The second-order valence-electron chi connectivity index (χ2n) is 5.70. The van der Waals surface area contributed by atoms with Gasteiger partial charge in [0.1, 0.15) is 0 Å². The van der Waals surface area contributed by atoms with Crippen LogP contribution in [0.25, 0.3) is 0 Å². The van der Waals surface area contributed by atoms with Gasteiger partial charge in [-0.05, 0) is 49.3 Å². The topological polar surface area (TPSA) is 76.3 Å². The highest BCUT2D eigenvalue weighted by Crippen LogP contribution is 2.28. The van der Waals surface area contributed by atoms with Crippen LogP contribution in [0.1, 0.15) is 36.4 Å². The first-order valence-electron chi connectivity index (χ1n) is 6.99. The lowest BCUT2D eigenvalue weighted by atomic mass is 9.89. The second-order valence-corrected chi connectivity index (χ2v) is 7.69. The average Bonchev–Trinajstić information content (AvgIpc) is 2.38. The molecule has 0 radical (unpaired) electrons. The van der Waals surface area contributed by atoms with Crippen molar-refractivity contribution in [1.82, 2.24) is 9.29 Å². The molecule has 1 saturated heterocycles. The van der Waals surface area contributed by atoms with Crippen LogP contribution in [0, 0.1) is 12.8 Å². The number of aromatic nitrogens is 1. The van der Waals surface area contributed by atoms with Crippen LogP contribution < -0.4 is 5.73 Å². The Balaban J connectivity index is 2.01. The fourth-order valence-corrected chi connectivity index (χ4v) is 3.85. The molecule has 0 aliphatic carbocycles. The molecule has 2 atom stereocenters. The molecule has 20 heavy (non-hydrogen) atoms. The van der Waals surface area contributed by atoms with E-state index in [0.717, 1.165) is 30.4 Å². The van der Waals surface area contributed by atoms with Crippen molar-refractivity contribution >= 4 is 10.0 Å². The predicted molar refractivity (Wildman–Crippen MR) is 79.7 cm³/mol. The summed E-state index contributed by atoms with van der Waals surface area (Å²) in [6, 6.07) is 1.90. The first-order chi connectivity index (χ1) is 9.38. The van der Waals surface area contributed by atoms with E-state index >= 15 is 0 Å². The zero-order chi connectivity index (χ0) is 14.8. The maximum Gasteiger partial charge on any atom is 0.211 e. The van der Waals surface area contributed by atoms with Gasteiger partial charge in [0, 0.05) is 31.5 Å². The van der Waals surface area contributed by atoms with Gasteiger partial charge in [-0.1, -0.05) is 0 Å². The molecule has 0 spiro atoms. The molecule has 1 aliphatic rings. The smallest absolute Gasteiger partial charge is 0.211 e. The highest BCUT2D eigenvalue weighted by Gasteiger charge is 2.27. The van der Waals surface area contributed by atoms with Crippen molar-refractivity contribution in [2.45, 2.75) is 32.2 Å². The molecule has 0 saturated carbocycles. The summed E-state index contributed by atoms with van der Waals surface area (Å²) < 4.78 is 24.8. The van der Waals surface area contributed by atoms with E-state index in [1.54, 1.807) is 10.5 Å². The van der Waals surface area contributed by atoms with Crippen molar-refractivity contribution in [3.8, 4) is 0 Å². The molecule has 112 valence electrons. The molecule has 2 rings (SSSR count). The van der Waals surface area contributed by atoms with Crippen LogP contribution in [0.3, 0.4) is 0 Å². The molecule has 0 bridgehead atoms. The molecule has 1 aromatic heterocycles. The molecule has 2 unspecified atom stereocenters. The number of sulfonamides is 1. The molecule has 6 heteroatoms. The zero-order valence-corrected chi connectivity index (χ0v) is 12.9. The Bertz CT molecular complexity index is 559. The first kappa shape index (κ1) is 15.4. The van der Waals surface area contributed by atoms with Gasteiger partial charge in [-0.25, -0.2) is 12.7 Å². The summed E-state index contributed by atoms with van der Waals surface area (Å²) in [6.45, 7) is 3.24. The third-order valence-electron chi connectivity index (χ3n) is 4.00. The Hall–Kier alpha value is -0.980. The van der Waals surface area contributed by atoms with E-state index in [4.69, 9.17) is 5.73 Å². The minimum Gasteiger partial charge on any atom is -0.324 e. The van der Waals surface area contributed by atoms with Crippen molar-refractivity contribution in [3.63, 3.8) is 0 Å². The number of nitrogens with two attached hydrogens (primary N) is 1. The number of hydrogen-bond acceptors (Lipinski definition) is 4. The summed E-state index contributed by atoms with van der Waals surface area (Å²) in [5, 5.41) is 0. The fourth-order valence-electron chi connectivity index (χ4n) is 2.91. The molecule has 2 heterocycles. The van der Waals surface area contributed by atoms with Gasteiger partial charge in [0.05, 0.1) is 6.26 Å². The Kier molecular flexibility index (Phi) is 4.78. The minimum atomic E-state index is -3.08. The van der Waals surface area contributed by atoms with Crippen LogP contribution in [0.15, 0.2) is 18.5 Å². The lowest BCUT2D eigenvalue weighted by Gasteiger charge is -2.32. The summed E-state index contributed by atoms with van der Waals surface area (Å²) in [5.41, 5.74) is 8.49. The summed E-state index contributed by atoms with van der Waals surface area (Å²) >= 11 is 0. The summed E-state index contributed by atoms with van der Waals surface area (Å²) in [4.78, 5) is 4.08. The third kappa shape index (κ3) is 3.77. The van der Waals surface area contributed by atoms with E-state index in [1.807, 2.05) is 19.2 Å². The van der Waals surface area contributed by atoms with Crippen LogP contribution >= 0.6 is 0 Å². The Morgan fingerprint density at radius 1 is 1.55 bits per heavy atom. The first-order valence-corrected chi connectivity index (χ1v) is 8.84. The lowest BCUT2D eigenvalue weighted by Crippen LogP contribution is -2.40. The van der Waals surface area contributed by atoms with Gasteiger partial charge in [0.15, 0.2) is 0 Å². The van der Waals surface area contributed by atoms with Crippen LogP contribution in [0.2, 0.25) is 0 Å². The standard InChI is InChI=1S/C14H23N3O2S/c1-11-9-16-6-5-13(11)14(15)8-12-4-3-7-17(10-12)20(2,18)19/h5-6,9,12,14H,3-4,7-8,10,15H2,1-2H3. The van der Waals surface area contributed by atoms with E-state index in [2.05, 4.69) is 4.98 Å². The minimum absolute atomic E-state index is 0.0532. The van der Waals surface area contributed by atoms with E-state index in [9.17, 15) is 8.42 Å². The summed E-state index contributed by atoms with van der Waals surface area (Å²) in [7, 11) is -3.08. The van der Waals surface area contributed by atoms with Gasteiger partial charge in [-0.2, -0.15) is 0 Å². The Morgan fingerprint density at radius 3 is 2.95 bits per heavy atom. The van der Waals surface area contributed by atoms with Crippen molar-refractivity contribution in [2.75, 3.05) is 19.3 Å². The molecular weight excluding hydrogens is 274 g/mol. The number of hydrogen-bond donors (Lipinski definition) is 1. The van der Waals surface area contributed by atoms with Gasteiger partial charge in [-0.3, -0.25) is 4.98 Å². The molecular formula is C14H23N3O2S. The van der Waals surface area contributed by atoms with Crippen molar-refractivity contribution in [2.24, 2.45) is 11.7 Å². The highest BCUT2D eigenvalue weighted by atomic mass is 32.2. The van der Waals surface area contributed by atoms with Crippen molar-refractivity contribution in [3.05, 3.63) is 29.6 Å². The molecule has 0 amide bonds. The molecule has 0 aromatic carbocycles. The maximum absolute atomic E-state index is 11.6. The van der Waals surface area contributed by atoms with E-state index in [0.29, 0.717) is 19.0 Å². The highest BCUT2D eigenvalue weighted by molar-refractivity contribution is 7.88. The number of pyridine rings is 1. The molecule has 1 aromatic rings. The van der Waals surface area contributed by atoms with Gasteiger partial charge in [0.25, 0.3) is 0 Å². The Labute approximate surface area is 121 Å². The number of rotatable bonds is 4. The quantitative estimate of drug-likeness (QED) is 0.912. The fraction of sp³-hybridized carbons (Fsp3) is 0.643. The van der Waals surface area contributed by atoms with Gasteiger partial charge in [-0.15, -0.1) is 0 Å². The normalized spacial score (nSPS) is 22.6. The lowest BCUT2D eigenvalue weighted by molar-refractivity contribution is 0.247. The monoisotopic (exact) mass is 297 g/mol. The average molecular weight is 297 g/mol. The molecule has 2 N–H and O–H groups in total. The van der Waals surface area contributed by atoms with E-state index in [-0.39, 0.29) is 6.04 Å². The third-order valence-corrected chi connectivity index (χ3v) is 5.27. The van der Waals surface area contributed by atoms with E-state index in [1.165, 1.54) is 6.26 Å².